The number of rotatable bonds is 18. The molecule has 0 spiro atoms. The third-order valence-electron chi connectivity index (χ3n) is 4.99. The van der Waals surface area contributed by atoms with Crippen LogP contribution in [-0.2, 0) is 42.8 Å². The third-order valence-corrected chi connectivity index (χ3v) is 4.99. The fraction of sp³-hybridized carbons (Fsp3) is 0.625. The van der Waals surface area contributed by atoms with Gasteiger partial charge in [0.25, 0.3) is 0 Å². The largest absolute Gasteiger partial charge is 0.461 e. The Balaban J connectivity index is 2.44. The average Bonchev–Trinajstić information content (AvgIpc) is 2.82. The molecular formula is C24H39N3O9. The van der Waals surface area contributed by atoms with Crippen molar-refractivity contribution in [2.24, 2.45) is 17.2 Å². The number of esters is 3. The number of carbonyl (C=O) groups excluding carboxylic acids is 3. The summed E-state index contributed by atoms with van der Waals surface area (Å²) in [6.45, 7) is 11.6. The molecule has 12 nitrogen and oxygen atoms in total. The molecule has 0 aromatic rings. The molecule has 0 saturated heterocycles. The Morgan fingerprint density at radius 1 is 0.528 bits per heavy atom. The molecule has 0 unspecified atom stereocenters. The van der Waals surface area contributed by atoms with Crippen LogP contribution >= 0.6 is 0 Å². The predicted octanol–water partition coefficient (Wildman–Crippen LogP) is 0.543. The first-order valence-corrected chi connectivity index (χ1v) is 11.8. The molecule has 204 valence electrons. The molecule has 1 rings (SSSR count). The minimum Gasteiger partial charge on any atom is -0.461 e. The van der Waals surface area contributed by atoms with E-state index in [1.165, 1.54) is 0 Å². The molecular weight excluding hydrogens is 474 g/mol. The molecule has 0 atom stereocenters. The molecule has 0 heterocycles. The van der Waals surface area contributed by atoms with Crippen LogP contribution in [-0.4, -0.2) is 75.9 Å². The Hall–Kier alpha value is -3.09. The lowest BCUT2D eigenvalue weighted by Crippen LogP contribution is -2.38. The van der Waals surface area contributed by atoms with Crippen LogP contribution in [0.4, 0.5) is 0 Å². The van der Waals surface area contributed by atoms with Gasteiger partial charge in [0, 0.05) is 19.3 Å². The van der Waals surface area contributed by atoms with E-state index in [1.807, 2.05) is 0 Å². The lowest BCUT2D eigenvalue weighted by atomic mass is 9.92. The maximum Gasteiger partial charge on any atom is 0.353 e. The molecule has 0 amide bonds. The molecule has 1 aliphatic rings. The average molecular weight is 514 g/mol. The van der Waals surface area contributed by atoms with Gasteiger partial charge in [-0.3, -0.25) is 0 Å². The van der Waals surface area contributed by atoms with Crippen molar-refractivity contribution in [1.29, 1.82) is 0 Å². The molecule has 0 bridgehead atoms. The SMILES string of the molecule is C=C(N)C(=O)OCCCOC1CC(OCCCOC(=O)C(=C)N)CC(OCCCOC(=O)C(=C)N)C1. The number of ether oxygens (including phenoxy) is 6. The fourth-order valence-corrected chi connectivity index (χ4v) is 3.28. The lowest BCUT2D eigenvalue weighted by Gasteiger charge is -2.34. The Labute approximate surface area is 211 Å². The number of nitrogens with two attached hydrogens (primary N) is 3. The molecule has 6 N–H and O–H groups in total. The van der Waals surface area contributed by atoms with E-state index in [9.17, 15) is 14.4 Å². The first-order chi connectivity index (χ1) is 17.1. The van der Waals surface area contributed by atoms with Gasteiger partial charge < -0.3 is 45.6 Å². The minimum atomic E-state index is -0.641. The van der Waals surface area contributed by atoms with Crippen LogP contribution < -0.4 is 17.2 Å². The highest BCUT2D eigenvalue weighted by Gasteiger charge is 2.30. The zero-order valence-electron chi connectivity index (χ0n) is 20.7. The van der Waals surface area contributed by atoms with Gasteiger partial charge in [0.15, 0.2) is 0 Å². The maximum absolute atomic E-state index is 11.3. The molecule has 36 heavy (non-hydrogen) atoms. The molecule has 0 aromatic carbocycles. The number of hydrogen-bond donors (Lipinski definition) is 3. The van der Waals surface area contributed by atoms with E-state index in [0.29, 0.717) is 58.3 Å². The highest BCUT2D eigenvalue weighted by atomic mass is 16.6. The zero-order chi connectivity index (χ0) is 26.9. The van der Waals surface area contributed by atoms with E-state index in [2.05, 4.69) is 19.7 Å². The summed E-state index contributed by atoms with van der Waals surface area (Å²) >= 11 is 0. The van der Waals surface area contributed by atoms with Crippen molar-refractivity contribution < 1.29 is 42.8 Å². The summed E-state index contributed by atoms with van der Waals surface area (Å²) < 4.78 is 32.8. The van der Waals surface area contributed by atoms with Gasteiger partial charge in [-0.1, -0.05) is 19.7 Å². The van der Waals surface area contributed by atoms with E-state index in [0.717, 1.165) is 0 Å². The smallest absolute Gasteiger partial charge is 0.353 e. The molecule has 0 radical (unpaired) electrons. The second-order valence-electron chi connectivity index (χ2n) is 8.23. The quantitative estimate of drug-likeness (QED) is 0.100. The summed E-state index contributed by atoms with van der Waals surface area (Å²) in [5.41, 5.74) is 15.4. The molecule has 0 aliphatic heterocycles. The normalized spacial score (nSPS) is 19.2. The van der Waals surface area contributed by atoms with Gasteiger partial charge in [0.1, 0.15) is 17.1 Å². The topological polar surface area (TPSA) is 185 Å². The Morgan fingerprint density at radius 3 is 1.00 bits per heavy atom. The van der Waals surface area contributed by atoms with E-state index >= 15 is 0 Å². The minimum absolute atomic E-state index is 0.120. The molecule has 1 aliphatic carbocycles. The van der Waals surface area contributed by atoms with Gasteiger partial charge >= 0.3 is 17.9 Å². The standard InChI is InChI=1S/C24H39N3O9/c1-16(25)22(28)34-10-4-7-31-19-13-20(32-8-5-11-35-23(29)17(2)26)15-21(14-19)33-9-6-12-36-24(30)18(3)27/h19-21H,1-15,25-27H2. The van der Waals surface area contributed by atoms with Crippen LogP contribution in [0.2, 0.25) is 0 Å². The Bertz CT molecular complexity index is 666. The Morgan fingerprint density at radius 2 is 0.778 bits per heavy atom. The lowest BCUT2D eigenvalue weighted by molar-refractivity contribution is -0.140. The van der Waals surface area contributed by atoms with Crippen LogP contribution in [0.1, 0.15) is 38.5 Å². The highest BCUT2D eigenvalue weighted by Crippen LogP contribution is 2.27. The molecule has 0 aromatic heterocycles. The van der Waals surface area contributed by atoms with Crippen molar-refractivity contribution in [3.8, 4) is 0 Å². The van der Waals surface area contributed by atoms with Crippen molar-refractivity contribution in [1.82, 2.24) is 0 Å². The van der Waals surface area contributed by atoms with Crippen molar-refractivity contribution in [3.05, 3.63) is 36.8 Å². The van der Waals surface area contributed by atoms with Crippen molar-refractivity contribution in [2.45, 2.75) is 56.8 Å². The van der Waals surface area contributed by atoms with Crippen LogP contribution in [0.15, 0.2) is 36.8 Å². The Kier molecular flexibility index (Phi) is 14.9. The summed E-state index contributed by atoms with van der Waals surface area (Å²) in [4.78, 5) is 34.0. The molecule has 12 heteroatoms. The van der Waals surface area contributed by atoms with Gasteiger partial charge in [-0.2, -0.15) is 0 Å². The third kappa shape index (κ3) is 13.7. The summed E-state index contributed by atoms with van der Waals surface area (Å²) in [6.07, 6.45) is 3.13. The second kappa shape index (κ2) is 17.4. The van der Waals surface area contributed by atoms with Gasteiger partial charge in [-0.05, 0) is 19.3 Å². The van der Waals surface area contributed by atoms with E-state index in [1.54, 1.807) is 0 Å². The summed E-state index contributed by atoms with van der Waals surface area (Å²) in [6, 6.07) is 0. The van der Waals surface area contributed by atoms with Crippen LogP contribution in [0.5, 0.6) is 0 Å². The van der Waals surface area contributed by atoms with Gasteiger partial charge in [-0.15, -0.1) is 0 Å². The van der Waals surface area contributed by atoms with E-state index in [-0.39, 0.29) is 55.2 Å². The number of carbonyl (C=O) groups is 3. The van der Waals surface area contributed by atoms with Crippen molar-refractivity contribution in [2.75, 3.05) is 39.6 Å². The van der Waals surface area contributed by atoms with Crippen molar-refractivity contribution >= 4 is 17.9 Å². The van der Waals surface area contributed by atoms with Crippen molar-refractivity contribution in [3.63, 3.8) is 0 Å². The summed E-state index contributed by atoms with van der Waals surface area (Å²) in [5.74, 6) is -1.92. The van der Waals surface area contributed by atoms with Gasteiger partial charge in [-0.25, -0.2) is 14.4 Å². The first kappa shape index (κ1) is 30.9. The fourth-order valence-electron chi connectivity index (χ4n) is 3.28. The van der Waals surface area contributed by atoms with Crippen LogP contribution in [0.25, 0.3) is 0 Å². The monoisotopic (exact) mass is 513 g/mol. The summed E-state index contributed by atoms with van der Waals surface area (Å²) in [5, 5.41) is 0. The summed E-state index contributed by atoms with van der Waals surface area (Å²) in [7, 11) is 0. The second-order valence-corrected chi connectivity index (χ2v) is 8.23. The number of hydrogen-bond acceptors (Lipinski definition) is 12. The van der Waals surface area contributed by atoms with Gasteiger partial charge in [0.05, 0.1) is 58.0 Å². The van der Waals surface area contributed by atoms with E-state index in [4.69, 9.17) is 45.6 Å². The van der Waals surface area contributed by atoms with Crippen LogP contribution in [0.3, 0.4) is 0 Å². The maximum atomic E-state index is 11.3. The highest BCUT2D eigenvalue weighted by molar-refractivity contribution is 5.87. The zero-order valence-corrected chi connectivity index (χ0v) is 20.7. The van der Waals surface area contributed by atoms with Gasteiger partial charge in [0.2, 0.25) is 0 Å². The van der Waals surface area contributed by atoms with E-state index < -0.39 is 17.9 Å². The predicted molar refractivity (Wildman–Crippen MR) is 130 cm³/mol. The molecule has 1 saturated carbocycles. The molecule has 1 fully saturated rings. The first-order valence-electron chi connectivity index (χ1n) is 11.8. The van der Waals surface area contributed by atoms with Crippen LogP contribution in [0, 0.1) is 0 Å².